The average Bonchev–Trinajstić information content (AvgIpc) is 2.50. The Morgan fingerprint density at radius 1 is 1.27 bits per heavy atom. The fourth-order valence-electron chi connectivity index (χ4n) is 2.41. The number of carbonyl (C=O) groups excluding carboxylic acids is 1. The summed E-state index contributed by atoms with van der Waals surface area (Å²) in [7, 11) is 3.61. The van der Waals surface area contributed by atoms with Crippen LogP contribution in [0.2, 0.25) is 0 Å². The van der Waals surface area contributed by atoms with Gasteiger partial charge in [-0.25, -0.2) is 0 Å². The second-order valence-corrected chi connectivity index (χ2v) is 6.38. The van der Waals surface area contributed by atoms with Gasteiger partial charge in [-0.15, -0.1) is 0 Å². The Morgan fingerprint density at radius 3 is 2.41 bits per heavy atom. The van der Waals surface area contributed by atoms with Gasteiger partial charge >= 0.3 is 0 Å². The molecule has 0 unspecified atom stereocenters. The maximum atomic E-state index is 11.7. The molecule has 1 aliphatic rings. The van der Waals surface area contributed by atoms with Crippen molar-refractivity contribution in [3.63, 3.8) is 0 Å². The van der Waals surface area contributed by atoms with Crippen molar-refractivity contribution in [2.45, 2.75) is 6.92 Å². The Kier molecular flexibility index (Phi) is 5.74. The predicted octanol–water partition coefficient (Wildman–Crippen LogP) is -0.0195. The van der Waals surface area contributed by atoms with E-state index in [0.29, 0.717) is 6.54 Å². The van der Waals surface area contributed by atoms with Crippen LogP contribution in [0.1, 0.15) is 5.56 Å². The Hall–Kier alpha value is -1.66. The van der Waals surface area contributed by atoms with Crippen molar-refractivity contribution in [1.29, 1.82) is 0 Å². The number of benzene rings is 1. The monoisotopic (exact) mass is 321 g/mol. The normalized spacial score (nSPS) is 15.5. The molecule has 120 valence electrons. The molecule has 2 rings (SSSR count). The molecule has 5 nitrogen and oxygen atoms in total. The lowest BCUT2D eigenvalue weighted by Crippen LogP contribution is -3.15. The number of nitrogens with zero attached hydrogens (tertiary/aromatic N) is 2. The van der Waals surface area contributed by atoms with Gasteiger partial charge in [-0.2, -0.15) is 0 Å². The third-order valence-corrected chi connectivity index (χ3v) is 4.32. The van der Waals surface area contributed by atoms with E-state index in [1.165, 1.54) is 10.5 Å². The number of hydrogen-bond donors (Lipinski definition) is 2. The fourth-order valence-corrected chi connectivity index (χ4v) is 2.71. The molecule has 1 heterocycles. The first-order valence-corrected chi connectivity index (χ1v) is 8.03. The highest BCUT2D eigenvalue weighted by Crippen LogP contribution is 2.09. The van der Waals surface area contributed by atoms with Gasteiger partial charge in [0.1, 0.15) is 0 Å². The highest BCUT2D eigenvalue weighted by Gasteiger charge is 2.24. The molecular formula is C16H25N4OS+. The third-order valence-electron chi connectivity index (χ3n) is 3.96. The first kappa shape index (κ1) is 16.7. The molecule has 2 N–H and O–H groups in total. The van der Waals surface area contributed by atoms with Gasteiger partial charge in [0, 0.05) is 19.8 Å². The van der Waals surface area contributed by atoms with Crippen LogP contribution < -0.4 is 10.2 Å². The van der Waals surface area contributed by atoms with E-state index in [4.69, 9.17) is 12.2 Å². The van der Waals surface area contributed by atoms with Crippen molar-refractivity contribution in [2.24, 2.45) is 0 Å². The van der Waals surface area contributed by atoms with Crippen LogP contribution in [0.15, 0.2) is 24.3 Å². The Morgan fingerprint density at radius 2 is 1.86 bits per heavy atom. The Bertz CT molecular complexity index is 521. The van der Waals surface area contributed by atoms with Crippen molar-refractivity contribution >= 4 is 28.9 Å². The molecule has 1 aromatic carbocycles. The molecule has 6 heteroatoms. The third kappa shape index (κ3) is 4.68. The minimum Gasteiger partial charge on any atom is -0.344 e. The number of hydrogen-bond acceptors (Lipinski definition) is 2. The molecule has 0 atom stereocenters. The molecule has 1 saturated heterocycles. The second-order valence-electron chi connectivity index (χ2n) is 6.00. The van der Waals surface area contributed by atoms with E-state index in [2.05, 4.69) is 29.3 Å². The van der Waals surface area contributed by atoms with Gasteiger partial charge < -0.3 is 20.0 Å². The van der Waals surface area contributed by atoms with Crippen LogP contribution in [0.4, 0.5) is 5.69 Å². The van der Waals surface area contributed by atoms with Gasteiger partial charge in [-0.05, 0) is 31.3 Å². The number of thiocarbonyl (C=S) groups is 1. The molecule has 0 bridgehead atoms. The van der Waals surface area contributed by atoms with Gasteiger partial charge in [0.25, 0.3) is 5.91 Å². The molecule has 1 aromatic rings. The second kappa shape index (κ2) is 7.56. The molecule has 1 amide bonds. The van der Waals surface area contributed by atoms with Crippen LogP contribution in [0.5, 0.6) is 0 Å². The van der Waals surface area contributed by atoms with Gasteiger partial charge in [-0.1, -0.05) is 17.7 Å². The van der Waals surface area contributed by atoms with Crippen LogP contribution in [0.25, 0.3) is 0 Å². The quantitative estimate of drug-likeness (QED) is 0.768. The van der Waals surface area contributed by atoms with Gasteiger partial charge in [0.05, 0.1) is 26.2 Å². The first-order chi connectivity index (χ1) is 10.5. The molecule has 1 fully saturated rings. The van der Waals surface area contributed by atoms with Gasteiger partial charge in [0.2, 0.25) is 0 Å². The van der Waals surface area contributed by atoms with Crippen molar-refractivity contribution in [1.82, 2.24) is 9.80 Å². The van der Waals surface area contributed by atoms with Crippen LogP contribution in [-0.2, 0) is 4.79 Å². The predicted molar refractivity (Wildman–Crippen MR) is 93.2 cm³/mol. The van der Waals surface area contributed by atoms with Gasteiger partial charge in [-0.3, -0.25) is 4.79 Å². The topological polar surface area (TPSA) is 40.0 Å². The summed E-state index contributed by atoms with van der Waals surface area (Å²) < 4.78 is 0. The van der Waals surface area contributed by atoms with Gasteiger partial charge in [0.15, 0.2) is 11.7 Å². The molecular weight excluding hydrogens is 296 g/mol. The van der Waals surface area contributed by atoms with Crippen molar-refractivity contribution in [3.05, 3.63) is 29.8 Å². The van der Waals surface area contributed by atoms with E-state index in [9.17, 15) is 4.79 Å². The maximum Gasteiger partial charge on any atom is 0.277 e. The maximum absolute atomic E-state index is 11.7. The molecule has 0 aromatic heterocycles. The summed E-state index contributed by atoms with van der Waals surface area (Å²) >= 11 is 5.49. The minimum absolute atomic E-state index is 0.184. The fraction of sp³-hybridized carbons (Fsp3) is 0.500. The first-order valence-electron chi connectivity index (χ1n) is 7.62. The largest absolute Gasteiger partial charge is 0.344 e. The van der Waals surface area contributed by atoms with E-state index in [-0.39, 0.29) is 5.91 Å². The lowest BCUT2D eigenvalue weighted by atomic mass is 10.2. The van der Waals surface area contributed by atoms with E-state index in [0.717, 1.165) is 37.0 Å². The number of nitrogens with one attached hydrogen (secondary N) is 2. The summed E-state index contributed by atoms with van der Waals surface area (Å²) in [5.41, 5.74) is 2.26. The van der Waals surface area contributed by atoms with Crippen LogP contribution in [0, 0.1) is 6.92 Å². The van der Waals surface area contributed by atoms with Crippen molar-refractivity contribution in [3.8, 4) is 0 Å². The summed E-state index contributed by atoms with van der Waals surface area (Å²) in [5, 5.41) is 4.05. The standard InChI is InChI=1S/C16H24N4OS/c1-13-4-6-14(7-5-13)17-16(22)20-10-8-19(9-11-20)12-15(21)18(2)3/h4-7H,8-12H2,1-3H3,(H,17,22)/p+1. The smallest absolute Gasteiger partial charge is 0.277 e. The zero-order valence-corrected chi connectivity index (χ0v) is 14.4. The Labute approximate surface area is 137 Å². The summed E-state index contributed by atoms with van der Waals surface area (Å²) in [6.07, 6.45) is 0. The SMILES string of the molecule is Cc1ccc(NC(=S)N2CC[NH+](CC(=O)N(C)C)CC2)cc1. The lowest BCUT2D eigenvalue weighted by molar-refractivity contribution is -0.896. The minimum atomic E-state index is 0.184. The molecule has 0 saturated carbocycles. The number of quaternary nitrogens is 1. The number of piperazine rings is 1. The number of anilines is 1. The summed E-state index contributed by atoms with van der Waals surface area (Å²) in [6.45, 7) is 6.28. The number of carbonyl (C=O) groups is 1. The zero-order valence-electron chi connectivity index (χ0n) is 13.6. The van der Waals surface area contributed by atoms with E-state index < -0.39 is 0 Å². The molecule has 22 heavy (non-hydrogen) atoms. The Balaban J connectivity index is 1.79. The molecule has 0 radical (unpaired) electrons. The number of aryl methyl sites for hydroxylation is 1. The molecule has 0 aliphatic carbocycles. The van der Waals surface area contributed by atoms with Crippen LogP contribution >= 0.6 is 12.2 Å². The summed E-state index contributed by atoms with van der Waals surface area (Å²) in [4.78, 5) is 16.9. The zero-order chi connectivity index (χ0) is 16.1. The summed E-state index contributed by atoms with van der Waals surface area (Å²) in [6, 6.07) is 8.22. The lowest BCUT2D eigenvalue weighted by Gasteiger charge is -2.33. The summed E-state index contributed by atoms with van der Waals surface area (Å²) in [5.74, 6) is 0.184. The van der Waals surface area contributed by atoms with E-state index in [1.54, 1.807) is 19.0 Å². The molecule has 1 aliphatic heterocycles. The highest BCUT2D eigenvalue weighted by atomic mass is 32.1. The number of rotatable bonds is 3. The highest BCUT2D eigenvalue weighted by molar-refractivity contribution is 7.80. The number of likely N-dealkylation sites (N-methyl/N-ethyl adjacent to an activating group) is 1. The van der Waals surface area contributed by atoms with Crippen LogP contribution in [0.3, 0.4) is 0 Å². The average molecular weight is 321 g/mol. The number of amides is 1. The van der Waals surface area contributed by atoms with E-state index >= 15 is 0 Å². The molecule has 0 spiro atoms. The van der Waals surface area contributed by atoms with Crippen molar-refractivity contribution in [2.75, 3.05) is 52.1 Å². The van der Waals surface area contributed by atoms with E-state index in [1.807, 2.05) is 12.1 Å². The van der Waals surface area contributed by atoms with Crippen molar-refractivity contribution < 1.29 is 9.69 Å². The van der Waals surface area contributed by atoms with Crippen LogP contribution in [-0.4, -0.2) is 67.6 Å².